The molecule has 3 heterocycles. The summed E-state index contributed by atoms with van der Waals surface area (Å²) in [5, 5.41) is 22.0. The number of anilines is 2. The third-order valence-electron chi connectivity index (χ3n) is 6.86. The van der Waals surface area contributed by atoms with Crippen molar-refractivity contribution in [1.82, 2.24) is 15.1 Å². The molecule has 166 valence electrons. The smallest absolute Gasteiger partial charge is 0.397 e. The van der Waals surface area contributed by atoms with E-state index in [4.69, 9.17) is 9.26 Å². The Hall–Kier alpha value is -2.68. The third-order valence-corrected chi connectivity index (χ3v) is 6.86. The monoisotopic (exact) mass is 427 g/mol. The number of nitrogens with one attached hydrogen (secondary N) is 2. The average molecular weight is 428 g/mol. The molecular formula is C22H29N5O4. The number of hydrogen-bond donors (Lipinski definition) is 3. The van der Waals surface area contributed by atoms with Crippen molar-refractivity contribution in [2.45, 2.75) is 64.0 Å². The van der Waals surface area contributed by atoms with Crippen LogP contribution in [0.5, 0.6) is 0 Å². The number of esters is 1. The van der Waals surface area contributed by atoms with Gasteiger partial charge < -0.3 is 25.0 Å². The summed E-state index contributed by atoms with van der Waals surface area (Å²) in [4.78, 5) is 20.8. The molecule has 2 aromatic heterocycles. The van der Waals surface area contributed by atoms with E-state index in [1.165, 1.54) is 0 Å². The largest absolute Gasteiger partial charge is 0.459 e. The number of carbonyl (C=O) groups excluding carboxylic acids is 1. The first-order chi connectivity index (χ1) is 15.0. The molecule has 9 heteroatoms. The SMILES string of the molecule is CCOC(=O)c1nc(-c2cnc3c(c2N[C@H]2CC[C@]4(O)CC(C)C[C@H]2C4)CCN3)no1. The van der Waals surface area contributed by atoms with Crippen LogP contribution in [0.2, 0.25) is 0 Å². The Kier molecular flexibility index (Phi) is 5.08. The molecule has 1 unspecified atom stereocenters. The number of pyridine rings is 1. The van der Waals surface area contributed by atoms with Crippen LogP contribution in [0.1, 0.15) is 62.2 Å². The minimum Gasteiger partial charge on any atom is -0.459 e. The van der Waals surface area contributed by atoms with Gasteiger partial charge in [0, 0.05) is 24.3 Å². The van der Waals surface area contributed by atoms with Crippen molar-refractivity contribution in [1.29, 1.82) is 0 Å². The van der Waals surface area contributed by atoms with Crippen molar-refractivity contribution in [2.24, 2.45) is 11.8 Å². The van der Waals surface area contributed by atoms with E-state index in [1.54, 1.807) is 13.1 Å². The van der Waals surface area contributed by atoms with Gasteiger partial charge in [-0.25, -0.2) is 9.78 Å². The Morgan fingerprint density at radius 1 is 1.45 bits per heavy atom. The number of nitrogens with zero attached hydrogens (tertiary/aromatic N) is 3. The highest BCUT2D eigenvalue weighted by Gasteiger charge is 2.45. The number of fused-ring (bicyclic) bond motifs is 3. The molecule has 0 radical (unpaired) electrons. The summed E-state index contributed by atoms with van der Waals surface area (Å²) >= 11 is 0. The van der Waals surface area contributed by atoms with Crippen molar-refractivity contribution >= 4 is 17.5 Å². The van der Waals surface area contributed by atoms with E-state index in [0.29, 0.717) is 23.2 Å². The number of carbonyl (C=O) groups is 1. The lowest BCUT2D eigenvalue weighted by atomic mass is 9.64. The van der Waals surface area contributed by atoms with Gasteiger partial charge in [-0.15, -0.1) is 0 Å². The fourth-order valence-corrected chi connectivity index (χ4v) is 5.65. The Labute approximate surface area is 181 Å². The van der Waals surface area contributed by atoms with Gasteiger partial charge in [0.05, 0.1) is 23.5 Å². The van der Waals surface area contributed by atoms with Crippen LogP contribution in [0.25, 0.3) is 11.4 Å². The zero-order valence-corrected chi connectivity index (χ0v) is 18.0. The normalized spacial score (nSPS) is 29.2. The maximum absolute atomic E-state index is 12.0. The number of hydrogen-bond acceptors (Lipinski definition) is 9. The number of ether oxygens (including phenoxy) is 1. The van der Waals surface area contributed by atoms with E-state index in [-0.39, 0.29) is 18.5 Å². The van der Waals surface area contributed by atoms with E-state index < -0.39 is 11.6 Å². The average Bonchev–Trinajstić information content (AvgIpc) is 3.39. The first-order valence-electron chi connectivity index (χ1n) is 11.2. The summed E-state index contributed by atoms with van der Waals surface area (Å²) in [5.41, 5.74) is 2.24. The standard InChI is InChI=1S/C22H29N5O4/c1-3-30-21(28)20-26-19(27-31-20)15-11-24-18-14(5-7-23-18)17(15)25-16-4-6-22(29)9-12(2)8-13(16)10-22/h11-13,16,29H,3-10H2,1-2H3,(H2,23,24,25)/t12?,13-,16-,22-/m0/s1. The van der Waals surface area contributed by atoms with Crippen molar-refractivity contribution in [3.8, 4) is 11.4 Å². The summed E-state index contributed by atoms with van der Waals surface area (Å²) in [6.07, 6.45) is 7.14. The maximum atomic E-state index is 12.0. The molecule has 9 nitrogen and oxygen atoms in total. The van der Waals surface area contributed by atoms with Gasteiger partial charge >= 0.3 is 11.9 Å². The Balaban J connectivity index is 1.47. The van der Waals surface area contributed by atoms with Gasteiger partial charge in [0.1, 0.15) is 5.82 Å². The summed E-state index contributed by atoms with van der Waals surface area (Å²) < 4.78 is 10.1. The second-order valence-corrected chi connectivity index (χ2v) is 9.22. The van der Waals surface area contributed by atoms with Crippen LogP contribution >= 0.6 is 0 Å². The van der Waals surface area contributed by atoms with Crippen LogP contribution in [-0.4, -0.2) is 51.0 Å². The van der Waals surface area contributed by atoms with E-state index in [0.717, 1.165) is 62.1 Å². The summed E-state index contributed by atoms with van der Waals surface area (Å²) in [6, 6.07) is 0.255. The summed E-state index contributed by atoms with van der Waals surface area (Å²) in [7, 11) is 0. The number of aromatic nitrogens is 3. The fraction of sp³-hybridized carbons (Fsp3) is 0.636. The molecule has 2 saturated carbocycles. The molecule has 0 amide bonds. The maximum Gasteiger partial charge on any atom is 0.397 e. The zero-order chi connectivity index (χ0) is 21.6. The van der Waals surface area contributed by atoms with Crippen molar-refractivity contribution in [3.05, 3.63) is 17.7 Å². The zero-order valence-electron chi connectivity index (χ0n) is 18.0. The molecule has 5 rings (SSSR count). The van der Waals surface area contributed by atoms with Gasteiger partial charge in [0.15, 0.2) is 0 Å². The van der Waals surface area contributed by atoms with Gasteiger partial charge in [-0.05, 0) is 57.3 Å². The second-order valence-electron chi connectivity index (χ2n) is 9.22. The lowest BCUT2D eigenvalue weighted by Crippen LogP contribution is -2.49. The lowest BCUT2D eigenvalue weighted by Gasteiger charge is -2.48. The van der Waals surface area contributed by atoms with Crippen LogP contribution in [0.15, 0.2) is 10.7 Å². The quantitative estimate of drug-likeness (QED) is 0.618. The molecule has 0 aromatic carbocycles. The highest BCUT2D eigenvalue weighted by atomic mass is 16.6. The Morgan fingerprint density at radius 3 is 3.16 bits per heavy atom. The number of aliphatic hydroxyl groups is 1. The molecule has 2 fully saturated rings. The molecule has 2 aromatic rings. The van der Waals surface area contributed by atoms with Gasteiger partial charge in [-0.1, -0.05) is 12.1 Å². The summed E-state index contributed by atoms with van der Waals surface area (Å²) in [5.74, 6) is 1.32. The molecule has 1 aliphatic heterocycles. The van der Waals surface area contributed by atoms with E-state index in [2.05, 4.69) is 32.7 Å². The van der Waals surface area contributed by atoms with Crippen molar-refractivity contribution in [2.75, 3.05) is 23.8 Å². The minimum atomic E-state index is -0.630. The molecule has 0 spiro atoms. The molecule has 2 bridgehead atoms. The lowest BCUT2D eigenvalue weighted by molar-refractivity contribution is -0.0677. The predicted octanol–water partition coefficient (Wildman–Crippen LogP) is 3.02. The highest BCUT2D eigenvalue weighted by molar-refractivity contribution is 5.86. The molecule has 2 aliphatic carbocycles. The van der Waals surface area contributed by atoms with E-state index in [1.807, 2.05) is 0 Å². The molecule has 4 atom stereocenters. The van der Waals surface area contributed by atoms with E-state index in [9.17, 15) is 9.90 Å². The fourth-order valence-electron chi connectivity index (χ4n) is 5.65. The van der Waals surface area contributed by atoms with Crippen LogP contribution in [0.3, 0.4) is 0 Å². The van der Waals surface area contributed by atoms with Crippen LogP contribution in [-0.2, 0) is 11.2 Å². The van der Waals surface area contributed by atoms with Gasteiger partial charge in [0.25, 0.3) is 0 Å². The molecule has 0 saturated heterocycles. The minimum absolute atomic E-state index is 0.162. The molecule has 3 aliphatic rings. The van der Waals surface area contributed by atoms with Gasteiger partial charge in [-0.3, -0.25) is 0 Å². The summed E-state index contributed by atoms with van der Waals surface area (Å²) in [6.45, 7) is 5.02. The van der Waals surface area contributed by atoms with Crippen LogP contribution in [0.4, 0.5) is 11.5 Å². The first-order valence-corrected chi connectivity index (χ1v) is 11.2. The third kappa shape index (κ3) is 3.75. The topological polar surface area (TPSA) is 122 Å². The second kappa shape index (κ2) is 7.78. The Bertz CT molecular complexity index is 992. The molecule has 31 heavy (non-hydrogen) atoms. The number of rotatable bonds is 5. The highest BCUT2D eigenvalue weighted by Crippen LogP contribution is 2.47. The van der Waals surface area contributed by atoms with Crippen LogP contribution in [0, 0.1) is 11.8 Å². The van der Waals surface area contributed by atoms with Gasteiger partial charge in [-0.2, -0.15) is 4.98 Å². The Morgan fingerprint density at radius 2 is 2.32 bits per heavy atom. The predicted molar refractivity (Wildman–Crippen MR) is 114 cm³/mol. The molecular weight excluding hydrogens is 398 g/mol. The first kappa shape index (κ1) is 20.2. The van der Waals surface area contributed by atoms with Crippen molar-refractivity contribution < 1.29 is 19.2 Å². The van der Waals surface area contributed by atoms with E-state index >= 15 is 0 Å². The van der Waals surface area contributed by atoms with Gasteiger partial charge in [0.2, 0.25) is 5.82 Å². The van der Waals surface area contributed by atoms with Crippen LogP contribution < -0.4 is 10.6 Å². The van der Waals surface area contributed by atoms with Crippen molar-refractivity contribution in [3.63, 3.8) is 0 Å². The molecule has 3 N–H and O–H groups in total.